The van der Waals surface area contributed by atoms with Gasteiger partial charge < -0.3 is 10.6 Å². The molecule has 0 radical (unpaired) electrons. The first-order chi connectivity index (χ1) is 11.7. The molecule has 2 aromatic heterocycles. The topological polar surface area (TPSA) is 49.8 Å². The van der Waals surface area contributed by atoms with Crippen LogP contribution in [0.15, 0.2) is 61.9 Å². The van der Waals surface area contributed by atoms with E-state index < -0.39 is 0 Å². The van der Waals surface area contributed by atoms with Gasteiger partial charge in [0, 0.05) is 24.5 Å². The number of aromatic nitrogens is 2. The molecular formula is C20H24N4. The predicted octanol–water partition coefficient (Wildman–Crippen LogP) is 3.61. The fourth-order valence-corrected chi connectivity index (χ4v) is 3.15. The first kappa shape index (κ1) is 16.2. The average Bonchev–Trinajstić information content (AvgIpc) is 2.64. The third-order valence-electron chi connectivity index (χ3n) is 4.43. The van der Waals surface area contributed by atoms with Crippen molar-refractivity contribution >= 4 is 11.4 Å². The molecule has 24 heavy (non-hydrogen) atoms. The fourth-order valence-electron chi connectivity index (χ4n) is 3.15. The number of rotatable bonds is 6. The van der Waals surface area contributed by atoms with E-state index in [-0.39, 0.29) is 0 Å². The summed E-state index contributed by atoms with van der Waals surface area (Å²) in [6, 6.07) is 12.4. The van der Waals surface area contributed by atoms with Crippen molar-refractivity contribution in [3.8, 4) is 0 Å². The Balaban J connectivity index is 1.65. The largest absolute Gasteiger partial charge is 0.379 e. The van der Waals surface area contributed by atoms with Crippen LogP contribution in [-0.2, 0) is 0 Å². The zero-order valence-electron chi connectivity index (χ0n) is 13.9. The Hall–Kier alpha value is -2.62. The van der Waals surface area contributed by atoms with E-state index in [0.29, 0.717) is 12.1 Å². The lowest BCUT2D eigenvalue weighted by Gasteiger charge is -2.35. The van der Waals surface area contributed by atoms with E-state index in [0.717, 1.165) is 35.6 Å². The minimum Gasteiger partial charge on any atom is -0.379 e. The molecule has 124 valence electrons. The van der Waals surface area contributed by atoms with Crippen LogP contribution in [0.2, 0.25) is 0 Å². The van der Waals surface area contributed by atoms with E-state index in [1.807, 2.05) is 36.4 Å². The van der Waals surface area contributed by atoms with Crippen molar-refractivity contribution < 1.29 is 0 Å². The molecule has 0 bridgehead atoms. The van der Waals surface area contributed by atoms with Crippen LogP contribution in [0.3, 0.4) is 0 Å². The van der Waals surface area contributed by atoms with E-state index in [4.69, 9.17) is 0 Å². The monoisotopic (exact) mass is 320 g/mol. The Morgan fingerprint density at radius 2 is 1.25 bits per heavy atom. The van der Waals surface area contributed by atoms with Gasteiger partial charge in [0.15, 0.2) is 0 Å². The molecule has 2 unspecified atom stereocenters. The number of hydrogen-bond acceptors (Lipinski definition) is 4. The molecule has 2 N–H and O–H groups in total. The van der Waals surface area contributed by atoms with Crippen molar-refractivity contribution in [2.24, 2.45) is 0 Å². The molecule has 1 saturated carbocycles. The average molecular weight is 320 g/mol. The SMILES string of the molecule is C=C(NC1CCCCC1NC(=C)c1ccccn1)c1ccccn1. The summed E-state index contributed by atoms with van der Waals surface area (Å²) in [5.41, 5.74) is 3.53. The minimum absolute atomic E-state index is 0.314. The molecular weight excluding hydrogens is 296 g/mol. The summed E-state index contributed by atoms with van der Waals surface area (Å²) in [7, 11) is 0. The summed E-state index contributed by atoms with van der Waals surface area (Å²) in [5, 5.41) is 7.12. The van der Waals surface area contributed by atoms with Crippen molar-refractivity contribution in [3.05, 3.63) is 73.3 Å². The highest BCUT2D eigenvalue weighted by atomic mass is 15.1. The van der Waals surface area contributed by atoms with E-state index in [9.17, 15) is 0 Å². The predicted molar refractivity (Wildman–Crippen MR) is 98.9 cm³/mol. The lowest BCUT2D eigenvalue weighted by molar-refractivity contribution is 0.331. The summed E-state index contributed by atoms with van der Waals surface area (Å²) in [6.45, 7) is 8.31. The molecule has 2 heterocycles. The molecule has 3 rings (SSSR count). The quantitative estimate of drug-likeness (QED) is 0.854. The number of nitrogens with one attached hydrogen (secondary N) is 2. The van der Waals surface area contributed by atoms with Crippen molar-refractivity contribution in [1.29, 1.82) is 0 Å². The standard InChI is InChI=1S/C20H24N4/c1-15(17-9-5-7-13-21-17)23-19-11-3-4-12-20(19)24-16(2)18-10-6-8-14-22-18/h5-10,13-14,19-20,23-24H,1-4,11-12H2. The third-order valence-corrected chi connectivity index (χ3v) is 4.43. The Morgan fingerprint density at radius 3 is 1.62 bits per heavy atom. The highest BCUT2D eigenvalue weighted by Gasteiger charge is 2.26. The molecule has 0 saturated heterocycles. The van der Waals surface area contributed by atoms with Crippen LogP contribution < -0.4 is 10.6 Å². The summed E-state index contributed by atoms with van der Waals surface area (Å²) >= 11 is 0. The van der Waals surface area contributed by atoms with E-state index in [2.05, 4.69) is 33.8 Å². The van der Waals surface area contributed by atoms with Gasteiger partial charge in [-0.05, 0) is 37.1 Å². The second-order valence-corrected chi connectivity index (χ2v) is 6.17. The Labute approximate surface area is 143 Å². The lowest BCUT2D eigenvalue weighted by atomic mass is 9.89. The van der Waals surface area contributed by atoms with Crippen LogP contribution in [0, 0.1) is 0 Å². The van der Waals surface area contributed by atoms with Gasteiger partial charge in [0.05, 0.1) is 22.8 Å². The second-order valence-electron chi connectivity index (χ2n) is 6.17. The van der Waals surface area contributed by atoms with E-state index in [1.54, 1.807) is 12.4 Å². The smallest absolute Gasteiger partial charge is 0.0854 e. The van der Waals surface area contributed by atoms with Gasteiger partial charge >= 0.3 is 0 Å². The zero-order valence-corrected chi connectivity index (χ0v) is 13.9. The molecule has 4 heteroatoms. The van der Waals surface area contributed by atoms with Gasteiger partial charge in [0.25, 0.3) is 0 Å². The molecule has 1 fully saturated rings. The fraction of sp³-hybridized carbons (Fsp3) is 0.300. The van der Waals surface area contributed by atoms with Crippen molar-refractivity contribution in [2.75, 3.05) is 0 Å². The van der Waals surface area contributed by atoms with Gasteiger partial charge in [-0.3, -0.25) is 9.97 Å². The van der Waals surface area contributed by atoms with Gasteiger partial charge in [0.2, 0.25) is 0 Å². The van der Waals surface area contributed by atoms with Crippen LogP contribution in [-0.4, -0.2) is 22.1 Å². The normalized spacial score (nSPS) is 20.2. The summed E-state index contributed by atoms with van der Waals surface area (Å²) in [5.74, 6) is 0. The Morgan fingerprint density at radius 1 is 0.792 bits per heavy atom. The zero-order chi connectivity index (χ0) is 16.8. The molecule has 2 atom stereocenters. The molecule has 0 spiro atoms. The third kappa shape index (κ3) is 4.02. The first-order valence-electron chi connectivity index (χ1n) is 8.48. The Kier molecular flexibility index (Phi) is 5.26. The minimum atomic E-state index is 0.314. The van der Waals surface area contributed by atoms with Crippen LogP contribution in [0.5, 0.6) is 0 Å². The van der Waals surface area contributed by atoms with E-state index >= 15 is 0 Å². The molecule has 1 aliphatic rings. The molecule has 4 nitrogen and oxygen atoms in total. The Bertz CT molecular complexity index is 620. The van der Waals surface area contributed by atoms with Gasteiger partial charge in [-0.15, -0.1) is 0 Å². The van der Waals surface area contributed by atoms with Gasteiger partial charge in [-0.25, -0.2) is 0 Å². The van der Waals surface area contributed by atoms with Gasteiger partial charge in [0.1, 0.15) is 0 Å². The molecule has 0 amide bonds. The number of hydrogen-bond donors (Lipinski definition) is 2. The number of pyridine rings is 2. The second kappa shape index (κ2) is 7.77. The first-order valence-corrected chi connectivity index (χ1v) is 8.48. The lowest BCUT2D eigenvalue weighted by Crippen LogP contribution is -2.48. The van der Waals surface area contributed by atoms with Crippen LogP contribution in [0.1, 0.15) is 37.1 Å². The summed E-state index contributed by atoms with van der Waals surface area (Å²) in [6.07, 6.45) is 8.25. The van der Waals surface area contributed by atoms with Crippen molar-refractivity contribution in [1.82, 2.24) is 20.6 Å². The highest BCUT2D eigenvalue weighted by Crippen LogP contribution is 2.22. The molecule has 0 aromatic carbocycles. The summed E-state index contributed by atoms with van der Waals surface area (Å²) in [4.78, 5) is 8.74. The maximum atomic E-state index is 4.37. The van der Waals surface area contributed by atoms with Crippen LogP contribution in [0.4, 0.5) is 0 Å². The maximum Gasteiger partial charge on any atom is 0.0854 e. The maximum absolute atomic E-state index is 4.37. The van der Waals surface area contributed by atoms with Gasteiger partial charge in [-0.1, -0.05) is 38.1 Å². The summed E-state index contributed by atoms with van der Waals surface area (Å²) < 4.78 is 0. The van der Waals surface area contributed by atoms with E-state index in [1.165, 1.54) is 12.8 Å². The van der Waals surface area contributed by atoms with Crippen LogP contribution >= 0.6 is 0 Å². The van der Waals surface area contributed by atoms with Crippen molar-refractivity contribution in [2.45, 2.75) is 37.8 Å². The molecule has 2 aromatic rings. The molecule has 0 aliphatic heterocycles. The molecule has 1 aliphatic carbocycles. The van der Waals surface area contributed by atoms with Crippen molar-refractivity contribution in [3.63, 3.8) is 0 Å². The highest BCUT2D eigenvalue weighted by molar-refractivity contribution is 5.59. The van der Waals surface area contributed by atoms with Gasteiger partial charge in [-0.2, -0.15) is 0 Å². The number of nitrogens with zero attached hydrogens (tertiary/aromatic N) is 2. The van der Waals surface area contributed by atoms with Crippen LogP contribution in [0.25, 0.3) is 11.4 Å².